The normalized spacial score (nSPS) is 13.8. The Morgan fingerprint density at radius 3 is 2.82 bits per heavy atom. The third kappa shape index (κ3) is 4.51. The van der Waals surface area contributed by atoms with Gasteiger partial charge in [0.25, 0.3) is 0 Å². The van der Waals surface area contributed by atoms with E-state index < -0.39 is 6.04 Å². The zero-order chi connectivity index (χ0) is 20.1. The van der Waals surface area contributed by atoms with E-state index in [0.717, 1.165) is 35.4 Å². The summed E-state index contributed by atoms with van der Waals surface area (Å²) in [4.78, 5) is 26.9. The number of nitrogens with two attached hydrogens (primary N) is 1. The maximum Gasteiger partial charge on any atom is 0.241 e. The molecule has 6 nitrogen and oxygen atoms in total. The Kier molecular flexibility index (Phi) is 6.31. The van der Waals surface area contributed by atoms with Crippen LogP contribution in [-0.2, 0) is 22.4 Å². The van der Waals surface area contributed by atoms with Crippen LogP contribution in [0.15, 0.2) is 42.5 Å². The summed E-state index contributed by atoms with van der Waals surface area (Å²) >= 11 is 0. The molecule has 1 atom stereocenters. The molecule has 0 aromatic heterocycles. The summed E-state index contributed by atoms with van der Waals surface area (Å²) in [6, 6.07) is 12.7. The average Bonchev–Trinajstić information content (AvgIpc) is 3.11. The van der Waals surface area contributed by atoms with Gasteiger partial charge in [-0.1, -0.05) is 31.5 Å². The smallest absolute Gasteiger partial charge is 0.241 e. The molecule has 1 unspecified atom stereocenters. The Bertz CT molecular complexity index is 866. The van der Waals surface area contributed by atoms with Crippen molar-refractivity contribution in [2.75, 3.05) is 23.9 Å². The molecule has 28 heavy (non-hydrogen) atoms. The number of rotatable bonds is 7. The highest BCUT2D eigenvalue weighted by Gasteiger charge is 2.25. The molecule has 0 aliphatic carbocycles. The number of carbonyl (C=O) groups is 2. The summed E-state index contributed by atoms with van der Waals surface area (Å²) in [6.45, 7) is 2.64. The van der Waals surface area contributed by atoms with Crippen molar-refractivity contribution >= 4 is 23.2 Å². The van der Waals surface area contributed by atoms with E-state index in [9.17, 15) is 9.59 Å². The third-order valence-corrected chi connectivity index (χ3v) is 4.98. The number of methoxy groups -OCH3 is 1. The van der Waals surface area contributed by atoms with Crippen LogP contribution in [0, 0.1) is 0 Å². The number of nitrogens with zero attached hydrogens (tertiary/aromatic N) is 1. The minimum Gasteiger partial charge on any atom is -0.497 e. The molecule has 2 aromatic rings. The van der Waals surface area contributed by atoms with E-state index in [1.807, 2.05) is 49.4 Å². The number of anilines is 2. The first-order chi connectivity index (χ1) is 13.5. The minimum atomic E-state index is -0.524. The van der Waals surface area contributed by atoms with Gasteiger partial charge in [-0.15, -0.1) is 0 Å². The van der Waals surface area contributed by atoms with Gasteiger partial charge in [0.15, 0.2) is 0 Å². The van der Waals surface area contributed by atoms with E-state index in [-0.39, 0.29) is 11.8 Å². The Morgan fingerprint density at radius 2 is 2.07 bits per heavy atom. The fraction of sp³-hybridized carbons (Fsp3) is 0.364. The van der Waals surface area contributed by atoms with Crippen molar-refractivity contribution in [3.8, 4) is 5.75 Å². The van der Waals surface area contributed by atoms with Crippen LogP contribution < -0.4 is 20.7 Å². The van der Waals surface area contributed by atoms with Gasteiger partial charge in [-0.25, -0.2) is 0 Å². The summed E-state index contributed by atoms with van der Waals surface area (Å²) < 4.78 is 5.23. The molecule has 2 aromatic carbocycles. The maximum atomic E-state index is 12.9. The van der Waals surface area contributed by atoms with Crippen LogP contribution in [-0.4, -0.2) is 31.5 Å². The molecule has 1 aliphatic rings. The molecule has 0 fully saturated rings. The second-order valence-electron chi connectivity index (χ2n) is 7.05. The van der Waals surface area contributed by atoms with Gasteiger partial charge in [-0.05, 0) is 48.2 Å². The summed E-state index contributed by atoms with van der Waals surface area (Å²) in [6.07, 6.45) is 2.60. The van der Waals surface area contributed by atoms with Crippen molar-refractivity contribution in [1.29, 1.82) is 0 Å². The highest BCUT2D eigenvalue weighted by Crippen LogP contribution is 2.31. The Labute approximate surface area is 165 Å². The standard InChI is InChI=1S/C22H27N3O3/c1-3-5-19(23)22(27)24-17-9-8-16-10-11-25(20(16)14-17)21(26)13-15-6-4-7-18(12-15)28-2/h4,6-9,12,14,19H,3,5,10-11,13,23H2,1-2H3,(H,24,27). The predicted molar refractivity (Wildman–Crippen MR) is 111 cm³/mol. The topological polar surface area (TPSA) is 84.7 Å². The first-order valence-electron chi connectivity index (χ1n) is 9.64. The minimum absolute atomic E-state index is 0.0261. The molecule has 2 amide bonds. The molecular weight excluding hydrogens is 354 g/mol. The summed E-state index contributed by atoms with van der Waals surface area (Å²) in [7, 11) is 1.61. The average molecular weight is 381 g/mol. The van der Waals surface area contributed by atoms with Gasteiger partial charge in [0.2, 0.25) is 11.8 Å². The van der Waals surface area contributed by atoms with Crippen molar-refractivity contribution in [3.63, 3.8) is 0 Å². The first kappa shape index (κ1) is 19.9. The molecule has 0 spiro atoms. The van der Waals surface area contributed by atoms with Crippen LogP contribution in [0.2, 0.25) is 0 Å². The number of fused-ring (bicyclic) bond motifs is 1. The molecule has 148 valence electrons. The number of amides is 2. The zero-order valence-corrected chi connectivity index (χ0v) is 16.4. The molecule has 0 saturated carbocycles. The van der Waals surface area contributed by atoms with Crippen molar-refractivity contribution in [1.82, 2.24) is 0 Å². The van der Waals surface area contributed by atoms with Crippen molar-refractivity contribution < 1.29 is 14.3 Å². The van der Waals surface area contributed by atoms with Gasteiger partial charge in [0, 0.05) is 17.9 Å². The highest BCUT2D eigenvalue weighted by atomic mass is 16.5. The zero-order valence-electron chi connectivity index (χ0n) is 16.4. The molecule has 0 bridgehead atoms. The van der Waals surface area contributed by atoms with Gasteiger partial charge >= 0.3 is 0 Å². The largest absolute Gasteiger partial charge is 0.497 e. The molecule has 3 N–H and O–H groups in total. The van der Waals surface area contributed by atoms with Crippen molar-refractivity contribution in [3.05, 3.63) is 53.6 Å². The number of hydrogen-bond acceptors (Lipinski definition) is 4. The van der Waals surface area contributed by atoms with Crippen LogP contribution in [0.3, 0.4) is 0 Å². The quantitative estimate of drug-likeness (QED) is 0.772. The number of ether oxygens (including phenoxy) is 1. The fourth-order valence-electron chi connectivity index (χ4n) is 3.45. The Morgan fingerprint density at radius 1 is 1.25 bits per heavy atom. The van der Waals surface area contributed by atoms with E-state index in [1.54, 1.807) is 12.0 Å². The molecule has 1 heterocycles. The lowest BCUT2D eigenvalue weighted by atomic mass is 10.1. The molecule has 6 heteroatoms. The summed E-state index contributed by atoms with van der Waals surface area (Å²) in [5.41, 5.74) is 9.42. The summed E-state index contributed by atoms with van der Waals surface area (Å²) in [5.74, 6) is 0.563. The maximum absolute atomic E-state index is 12.9. The van der Waals surface area contributed by atoms with Gasteiger partial charge in [-0.2, -0.15) is 0 Å². The highest BCUT2D eigenvalue weighted by molar-refractivity contribution is 5.99. The van der Waals surface area contributed by atoms with E-state index in [1.165, 1.54) is 0 Å². The third-order valence-electron chi connectivity index (χ3n) is 4.98. The molecular formula is C22H27N3O3. The second-order valence-corrected chi connectivity index (χ2v) is 7.05. The fourth-order valence-corrected chi connectivity index (χ4v) is 3.45. The summed E-state index contributed by atoms with van der Waals surface area (Å²) in [5, 5.41) is 2.86. The van der Waals surface area contributed by atoms with Crippen LogP contribution in [0.1, 0.15) is 30.9 Å². The lowest BCUT2D eigenvalue weighted by Crippen LogP contribution is -2.35. The van der Waals surface area contributed by atoms with E-state index in [0.29, 0.717) is 25.1 Å². The van der Waals surface area contributed by atoms with E-state index >= 15 is 0 Å². The molecule has 1 aliphatic heterocycles. The van der Waals surface area contributed by atoms with Crippen molar-refractivity contribution in [2.45, 2.75) is 38.6 Å². The number of nitrogens with one attached hydrogen (secondary N) is 1. The number of benzene rings is 2. The first-order valence-corrected chi connectivity index (χ1v) is 9.64. The molecule has 0 radical (unpaired) electrons. The van der Waals surface area contributed by atoms with Gasteiger partial charge < -0.3 is 20.7 Å². The van der Waals surface area contributed by atoms with E-state index in [4.69, 9.17) is 10.5 Å². The number of carbonyl (C=O) groups excluding carboxylic acids is 2. The van der Waals surface area contributed by atoms with Crippen LogP contribution >= 0.6 is 0 Å². The predicted octanol–water partition coefficient (Wildman–Crippen LogP) is 2.89. The number of hydrogen-bond donors (Lipinski definition) is 2. The van der Waals surface area contributed by atoms with Gasteiger partial charge in [0.05, 0.1) is 19.6 Å². The van der Waals surface area contributed by atoms with Crippen LogP contribution in [0.25, 0.3) is 0 Å². The lowest BCUT2D eigenvalue weighted by Gasteiger charge is -2.19. The van der Waals surface area contributed by atoms with Crippen LogP contribution in [0.4, 0.5) is 11.4 Å². The lowest BCUT2D eigenvalue weighted by molar-refractivity contribution is -0.118. The van der Waals surface area contributed by atoms with Crippen molar-refractivity contribution in [2.24, 2.45) is 5.73 Å². The van der Waals surface area contributed by atoms with Gasteiger partial charge in [-0.3, -0.25) is 9.59 Å². The Hall–Kier alpha value is -2.86. The SMILES string of the molecule is CCCC(N)C(=O)Nc1ccc2c(c1)N(C(=O)Cc1cccc(OC)c1)CC2. The van der Waals surface area contributed by atoms with Crippen LogP contribution in [0.5, 0.6) is 5.75 Å². The molecule has 3 rings (SSSR count). The monoisotopic (exact) mass is 381 g/mol. The van der Waals surface area contributed by atoms with E-state index in [2.05, 4.69) is 5.32 Å². The Balaban J connectivity index is 1.73. The second kappa shape index (κ2) is 8.89. The van der Waals surface area contributed by atoms with Gasteiger partial charge in [0.1, 0.15) is 5.75 Å². The molecule has 0 saturated heterocycles.